The number of furan rings is 1. The fraction of sp³-hybridized carbons (Fsp3) is 0.0385. The fourth-order valence-electron chi connectivity index (χ4n) is 8.70. The van der Waals surface area contributed by atoms with Crippen molar-refractivity contribution in [3.05, 3.63) is 200 Å². The highest BCUT2D eigenvalue weighted by atomic mass is 16.3. The molecule has 55 heavy (non-hydrogen) atoms. The molecule has 0 saturated heterocycles. The molecule has 0 radical (unpaired) electrons. The van der Waals surface area contributed by atoms with E-state index in [0.717, 1.165) is 57.3 Å². The van der Waals surface area contributed by atoms with Gasteiger partial charge in [0.05, 0.1) is 11.0 Å². The van der Waals surface area contributed by atoms with Crippen LogP contribution in [0.25, 0.3) is 82.5 Å². The van der Waals surface area contributed by atoms with Crippen LogP contribution in [0.3, 0.4) is 0 Å². The normalized spacial score (nSPS) is 13.2. The van der Waals surface area contributed by atoms with Crippen molar-refractivity contribution in [2.24, 2.45) is 0 Å². The maximum atomic E-state index is 6.42. The van der Waals surface area contributed by atoms with Crippen LogP contribution >= 0.6 is 0 Å². The molecule has 0 atom stereocenters. The van der Waals surface area contributed by atoms with Crippen LogP contribution in [0.15, 0.2) is 204 Å². The van der Waals surface area contributed by atoms with Crippen LogP contribution < -0.4 is 4.90 Å². The summed E-state index contributed by atoms with van der Waals surface area (Å²) in [5, 5.41) is 7.42. The smallest absolute Gasteiger partial charge is 0.143 e. The molecule has 8 aromatic carbocycles. The molecule has 1 aliphatic rings. The molecule has 0 unspecified atom stereocenters. The second-order valence-corrected chi connectivity index (χ2v) is 14.4. The molecule has 0 amide bonds. The van der Waals surface area contributed by atoms with Gasteiger partial charge in [0.15, 0.2) is 0 Å². The molecule has 10 aromatic rings. The molecule has 3 heteroatoms. The monoisotopic (exact) mass is 704 g/mol. The van der Waals surface area contributed by atoms with Crippen molar-refractivity contribution in [1.82, 2.24) is 4.57 Å². The van der Waals surface area contributed by atoms with Gasteiger partial charge < -0.3 is 13.9 Å². The summed E-state index contributed by atoms with van der Waals surface area (Å²) >= 11 is 0. The fourth-order valence-corrected chi connectivity index (χ4v) is 8.70. The van der Waals surface area contributed by atoms with Gasteiger partial charge in [-0.25, -0.2) is 0 Å². The predicted molar refractivity (Wildman–Crippen MR) is 232 cm³/mol. The van der Waals surface area contributed by atoms with Crippen molar-refractivity contribution < 1.29 is 4.42 Å². The van der Waals surface area contributed by atoms with Gasteiger partial charge in [-0.2, -0.15) is 0 Å². The first-order chi connectivity index (χ1) is 27.3. The summed E-state index contributed by atoms with van der Waals surface area (Å²) in [7, 11) is 0. The van der Waals surface area contributed by atoms with Crippen molar-refractivity contribution in [2.45, 2.75) is 12.8 Å². The molecule has 2 aromatic heterocycles. The third-order valence-electron chi connectivity index (χ3n) is 11.3. The Bertz CT molecular complexity index is 3130. The number of fused-ring (bicyclic) bond motifs is 8. The van der Waals surface area contributed by atoms with Gasteiger partial charge in [-0.05, 0) is 83.5 Å². The third kappa shape index (κ3) is 5.20. The lowest BCUT2D eigenvalue weighted by molar-refractivity contribution is 0.670. The highest BCUT2D eigenvalue weighted by Gasteiger charge is 2.22. The molecule has 0 fully saturated rings. The van der Waals surface area contributed by atoms with Crippen molar-refractivity contribution in [2.75, 3.05) is 4.90 Å². The van der Waals surface area contributed by atoms with Crippen molar-refractivity contribution in [3.8, 4) is 22.3 Å². The Balaban J connectivity index is 1.03. The van der Waals surface area contributed by atoms with Crippen LogP contribution in [-0.4, -0.2) is 4.57 Å². The lowest BCUT2D eigenvalue weighted by Gasteiger charge is -2.30. The van der Waals surface area contributed by atoms with E-state index < -0.39 is 0 Å². The van der Waals surface area contributed by atoms with Crippen molar-refractivity contribution >= 4 is 71.6 Å². The quantitative estimate of drug-likeness (QED) is 0.172. The van der Waals surface area contributed by atoms with Crippen LogP contribution in [0.2, 0.25) is 0 Å². The second kappa shape index (κ2) is 12.8. The summed E-state index contributed by atoms with van der Waals surface area (Å²) < 4.78 is 8.92. The number of aromatic nitrogens is 1. The minimum atomic E-state index is 0.894. The highest BCUT2D eigenvalue weighted by Crippen LogP contribution is 2.42. The maximum absolute atomic E-state index is 6.42. The summed E-state index contributed by atoms with van der Waals surface area (Å²) in [4.78, 5) is 2.43. The van der Waals surface area contributed by atoms with E-state index in [1.807, 2.05) is 12.1 Å². The minimum absolute atomic E-state index is 0.894. The third-order valence-corrected chi connectivity index (χ3v) is 11.3. The van der Waals surface area contributed by atoms with E-state index in [-0.39, 0.29) is 0 Å². The number of anilines is 2. The van der Waals surface area contributed by atoms with Gasteiger partial charge in [-0.1, -0.05) is 146 Å². The summed E-state index contributed by atoms with van der Waals surface area (Å²) in [5.41, 5.74) is 13.8. The molecule has 0 bridgehead atoms. The van der Waals surface area contributed by atoms with E-state index in [1.54, 1.807) is 0 Å². The number of benzene rings is 8. The Kier molecular flexibility index (Phi) is 7.31. The van der Waals surface area contributed by atoms with Crippen LogP contribution in [0.5, 0.6) is 0 Å². The summed E-state index contributed by atoms with van der Waals surface area (Å²) in [6.07, 6.45) is 6.48. The van der Waals surface area contributed by atoms with E-state index in [2.05, 4.69) is 191 Å². The first kappa shape index (κ1) is 31.4. The summed E-state index contributed by atoms with van der Waals surface area (Å²) in [5.74, 6) is 0. The Morgan fingerprint density at radius 1 is 0.436 bits per heavy atom. The van der Waals surface area contributed by atoms with E-state index in [0.29, 0.717) is 0 Å². The largest absolute Gasteiger partial charge is 0.455 e. The van der Waals surface area contributed by atoms with Gasteiger partial charge in [0.1, 0.15) is 11.2 Å². The summed E-state index contributed by atoms with van der Waals surface area (Å²) in [6, 6.07) is 65.4. The van der Waals surface area contributed by atoms with Crippen LogP contribution in [0.4, 0.5) is 11.4 Å². The van der Waals surface area contributed by atoms with E-state index in [1.165, 1.54) is 55.1 Å². The van der Waals surface area contributed by atoms with E-state index >= 15 is 0 Å². The Hall–Kier alpha value is -7.10. The van der Waals surface area contributed by atoms with Crippen molar-refractivity contribution in [3.63, 3.8) is 0 Å². The van der Waals surface area contributed by atoms with E-state index in [4.69, 9.17) is 4.42 Å². The zero-order valence-corrected chi connectivity index (χ0v) is 30.2. The molecular weight excluding hydrogens is 669 g/mol. The highest BCUT2D eigenvalue weighted by molar-refractivity contribution is 6.19. The van der Waals surface area contributed by atoms with Gasteiger partial charge in [-0.3, -0.25) is 0 Å². The molecule has 0 N–H and O–H groups in total. The molecule has 0 spiro atoms. The second-order valence-electron chi connectivity index (χ2n) is 14.4. The number of rotatable bonds is 6. The predicted octanol–water partition coefficient (Wildman–Crippen LogP) is 14.5. The molecule has 260 valence electrons. The number of hydrogen-bond donors (Lipinski definition) is 0. The van der Waals surface area contributed by atoms with Gasteiger partial charge in [0.2, 0.25) is 0 Å². The number of para-hydroxylation sites is 3. The van der Waals surface area contributed by atoms with Crippen LogP contribution in [0.1, 0.15) is 12.8 Å². The molecule has 1 aliphatic carbocycles. The first-order valence-electron chi connectivity index (χ1n) is 19.1. The molecule has 2 heterocycles. The Morgan fingerprint density at radius 2 is 1.09 bits per heavy atom. The summed E-state index contributed by atoms with van der Waals surface area (Å²) in [6.45, 7) is 0. The van der Waals surface area contributed by atoms with Gasteiger partial charge in [0.25, 0.3) is 0 Å². The lowest BCUT2D eigenvalue weighted by atomic mass is 10.0. The average Bonchev–Trinajstić information content (AvgIpc) is 3.81. The standard InChI is InChI=1S/C52H36N2O/c1-2-11-35(12-3-1)36-21-26-39(27-22-36)53(40-28-23-38(24-29-40)44-17-10-18-48-46-16-7-9-20-50(46)55-52(44)48)41-30-32-42(33-31-41)54-49-19-8-6-15-45(49)47-34-25-37-13-4-5-14-43(37)51(47)54/h1-30,32,34H,31,33H2. The Labute approximate surface area is 319 Å². The zero-order chi connectivity index (χ0) is 36.3. The number of nitrogens with zero attached hydrogens (tertiary/aromatic N) is 2. The van der Waals surface area contributed by atoms with Gasteiger partial charge in [0, 0.05) is 55.3 Å². The maximum Gasteiger partial charge on any atom is 0.143 e. The topological polar surface area (TPSA) is 21.3 Å². The lowest BCUT2D eigenvalue weighted by Crippen LogP contribution is -2.18. The molecule has 0 aliphatic heterocycles. The van der Waals surface area contributed by atoms with Gasteiger partial charge >= 0.3 is 0 Å². The molecular formula is C52H36N2O. The average molecular weight is 705 g/mol. The molecule has 3 nitrogen and oxygen atoms in total. The molecule has 0 saturated carbocycles. The zero-order valence-electron chi connectivity index (χ0n) is 30.2. The SMILES string of the molecule is C1=C(N(c2ccc(-c3ccccc3)cc2)c2ccc(-c3cccc4c3oc3ccccc34)cc2)CCC(n2c3ccccc3c3ccc4ccccc4c32)=C1. The van der Waals surface area contributed by atoms with Crippen LogP contribution in [0, 0.1) is 0 Å². The van der Waals surface area contributed by atoms with Crippen LogP contribution in [-0.2, 0) is 0 Å². The number of allylic oxidation sites excluding steroid dienone is 4. The number of hydrogen-bond acceptors (Lipinski definition) is 2. The molecule has 11 rings (SSSR count). The van der Waals surface area contributed by atoms with Crippen molar-refractivity contribution in [1.29, 1.82) is 0 Å². The Morgan fingerprint density at radius 3 is 1.87 bits per heavy atom. The van der Waals surface area contributed by atoms with E-state index in [9.17, 15) is 0 Å². The minimum Gasteiger partial charge on any atom is -0.455 e. The first-order valence-corrected chi connectivity index (χ1v) is 19.1. The van der Waals surface area contributed by atoms with Gasteiger partial charge in [-0.15, -0.1) is 0 Å².